The van der Waals surface area contributed by atoms with Crippen molar-refractivity contribution in [2.45, 2.75) is 27.7 Å². The summed E-state index contributed by atoms with van der Waals surface area (Å²) < 4.78 is 10.8. The Hall–Kier alpha value is -11.4. The fourth-order valence-electron chi connectivity index (χ4n) is 10.1. The van der Waals surface area contributed by atoms with Gasteiger partial charge in [0.2, 0.25) is 0 Å². The number of allylic oxidation sites excluding steroid dienone is 4. The molecule has 0 aliphatic carbocycles. The van der Waals surface area contributed by atoms with Crippen molar-refractivity contribution in [3.05, 3.63) is 278 Å². The quantitative estimate of drug-likeness (QED) is 0.0822. The number of carbonyl (C=O) groups excluding carboxylic acids is 2. The molecule has 12 aromatic carbocycles. The minimum atomic E-state index is -0.125. The minimum absolute atomic E-state index is 0. The summed E-state index contributed by atoms with van der Waals surface area (Å²) in [6, 6.07) is 88.2. The Bertz CT molecular complexity index is 4940. The molecule has 0 aliphatic heterocycles. The first kappa shape index (κ1) is 69.0. The zero-order valence-corrected chi connectivity index (χ0v) is 57.4. The van der Waals surface area contributed by atoms with Gasteiger partial charge < -0.3 is 19.7 Å². The second-order valence-corrected chi connectivity index (χ2v) is 21.0. The van der Waals surface area contributed by atoms with Crippen molar-refractivity contribution in [2.24, 2.45) is 0 Å². The number of benzene rings is 12. The summed E-state index contributed by atoms with van der Waals surface area (Å²) in [5, 5.41) is 61.4. The molecule has 0 unspecified atom stereocenters. The molecule has 16 aromatic rings. The Morgan fingerprint density at radius 3 is 0.802 bits per heavy atom. The van der Waals surface area contributed by atoms with Crippen molar-refractivity contribution in [3.63, 3.8) is 0 Å². The second kappa shape index (κ2) is 32.4. The van der Waals surface area contributed by atoms with E-state index in [-0.39, 0.29) is 63.3 Å². The molecule has 0 saturated carbocycles. The first-order chi connectivity index (χ1) is 45.8. The smallest absolute Gasteiger partial charge is 0.155 e. The zero-order valence-electron chi connectivity index (χ0n) is 52.7. The number of ether oxygens (including phenoxy) is 2. The molecular formula is C76H60Ir2N12O6-4. The Balaban J connectivity index is 0.000000140. The standard InChI is InChI=1S/2C17H12N3O.2C16H10N3.2C5H8O2.2Ir/c2*1-21-17-11-10-16(12-6-2-3-7-13(12)17)20-18-14-8-4-5-9-15(14)19-20;2*1-2-8-13-12(6-1)7-5-11-16(13)19-17-14-9-3-4-10-15(14)18-19;2*1-4(6)3-5(2)7;;/h2*2-9,11H,1H3;2*1-10H;2*3,6H,1-2H3;;/q4*-1;;;;. The summed E-state index contributed by atoms with van der Waals surface area (Å²) in [7, 11) is 3.32. The number of aliphatic hydroxyl groups is 2. The normalized spacial score (nSPS) is 10.9. The predicted molar refractivity (Wildman–Crippen MR) is 368 cm³/mol. The number of fused-ring (bicyclic) bond motifs is 8. The molecule has 0 fully saturated rings. The van der Waals surface area contributed by atoms with E-state index in [1.165, 1.54) is 39.8 Å². The molecule has 4 heterocycles. The van der Waals surface area contributed by atoms with Crippen LogP contribution in [0.3, 0.4) is 0 Å². The van der Waals surface area contributed by atoms with Crippen LogP contribution in [-0.4, -0.2) is 96.0 Å². The average Bonchev–Trinajstić information content (AvgIpc) is 1.34. The summed E-state index contributed by atoms with van der Waals surface area (Å²) in [6.45, 7) is 5.70. The van der Waals surface area contributed by atoms with Crippen LogP contribution in [0.2, 0.25) is 0 Å². The van der Waals surface area contributed by atoms with E-state index in [1.807, 2.05) is 206 Å². The van der Waals surface area contributed by atoms with Crippen LogP contribution in [0, 0.1) is 24.3 Å². The van der Waals surface area contributed by atoms with E-state index < -0.39 is 0 Å². The summed E-state index contributed by atoms with van der Waals surface area (Å²) in [5.41, 5.74) is 10.4. The molecule has 4 aromatic heterocycles. The SMILES string of the molecule is CC(=O)C=C(C)O.CC(=O)C=C(C)O.COc1c[c-]c(-n2nc3ccccc3n2)c2ccccc12.COc1c[c-]c(-n2nc3ccccc3n2)c2ccccc12.[Ir].[Ir].[c-]1ccc2ccccc2c1-n1nc2ccccc2n1.[c-]1ccc2ccccc2c1-n1nc2ccccc2n1. The number of methoxy groups -OCH3 is 2. The molecule has 482 valence electrons. The van der Waals surface area contributed by atoms with Gasteiger partial charge in [0.25, 0.3) is 0 Å². The number of hydrogen-bond acceptors (Lipinski definition) is 14. The van der Waals surface area contributed by atoms with Crippen LogP contribution in [0.5, 0.6) is 11.5 Å². The van der Waals surface area contributed by atoms with Crippen LogP contribution in [0.15, 0.2) is 254 Å². The number of aromatic nitrogens is 12. The van der Waals surface area contributed by atoms with Crippen molar-refractivity contribution in [3.8, 4) is 34.2 Å². The van der Waals surface area contributed by atoms with E-state index in [4.69, 9.17) is 19.7 Å². The second-order valence-electron chi connectivity index (χ2n) is 21.0. The summed E-state index contributed by atoms with van der Waals surface area (Å²) in [6.07, 6.45) is 2.33. The predicted octanol–water partition coefficient (Wildman–Crippen LogP) is 15.6. The molecule has 96 heavy (non-hydrogen) atoms. The number of aliphatic hydroxyl groups excluding tert-OH is 2. The van der Waals surface area contributed by atoms with Gasteiger partial charge in [-0.25, -0.2) is 0 Å². The van der Waals surface area contributed by atoms with Crippen molar-refractivity contribution in [1.82, 2.24) is 60.0 Å². The van der Waals surface area contributed by atoms with E-state index in [2.05, 4.69) is 89.3 Å². The summed E-state index contributed by atoms with van der Waals surface area (Å²) in [4.78, 5) is 26.6. The molecule has 0 bridgehead atoms. The third-order valence-corrected chi connectivity index (χ3v) is 14.2. The molecule has 0 amide bonds. The van der Waals surface area contributed by atoms with Crippen molar-refractivity contribution >= 4 is 98.8 Å². The maximum atomic E-state index is 10.0. The van der Waals surface area contributed by atoms with Gasteiger partial charge in [0.1, 0.15) is 44.1 Å². The number of carbonyl (C=O) groups is 2. The van der Waals surface area contributed by atoms with Crippen LogP contribution >= 0.6 is 0 Å². The summed E-state index contributed by atoms with van der Waals surface area (Å²) >= 11 is 0. The largest absolute Gasteiger partial charge is 0.554 e. The molecule has 20 heteroatoms. The van der Waals surface area contributed by atoms with Crippen LogP contribution in [-0.2, 0) is 49.8 Å². The van der Waals surface area contributed by atoms with E-state index in [0.29, 0.717) is 0 Å². The Labute approximate surface area is 579 Å². The first-order valence-electron chi connectivity index (χ1n) is 29.6. The fourth-order valence-corrected chi connectivity index (χ4v) is 10.1. The number of ketones is 2. The number of rotatable bonds is 8. The fraction of sp³-hybridized carbons (Fsp3) is 0.0789. The van der Waals surface area contributed by atoms with Crippen LogP contribution in [0.4, 0.5) is 0 Å². The van der Waals surface area contributed by atoms with Crippen molar-refractivity contribution < 1.29 is 69.5 Å². The molecule has 0 aliphatic rings. The molecule has 0 spiro atoms. The van der Waals surface area contributed by atoms with Crippen LogP contribution in [0.1, 0.15) is 27.7 Å². The van der Waals surface area contributed by atoms with Gasteiger partial charge in [-0.1, -0.05) is 143 Å². The van der Waals surface area contributed by atoms with Gasteiger partial charge in [0.05, 0.1) is 25.7 Å². The van der Waals surface area contributed by atoms with E-state index in [0.717, 1.165) is 121 Å². The molecular weight excluding hydrogens is 1560 g/mol. The Morgan fingerprint density at radius 1 is 0.333 bits per heavy atom. The maximum Gasteiger partial charge on any atom is 0.155 e. The average molecular weight is 1620 g/mol. The molecule has 18 nitrogen and oxygen atoms in total. The third-order valence-electron chi connectivity index (χ3n) is 14.2. The van der Waals surface area contributed by atoms with E-state index in [1.54, 1.807) is 33.4 Å². The minimum Gasteiger partial charge on any atom is -0.554 e. The van der Waals surface area contributed by atoms with Gasteiger partial charge in [-0.3, -0.25) is 9.59 Å². The maximum absolute atomic E-state index is 10.0. The molecule has 16 rings (SSSR count). The van der Waals surface area contributed by atoms with E-state index >= 15 is 0 Å². The van der Waals surface area contributed by atoms with Crippen LogP contribution in [0.25, 0.3) is 110 Å². The molecule has 0 saturated heterocycles. The van der Waals surface area contributed by atoms with Crippen molar-refractivity contribution in [1.29, 1.82) is 0 Å². The van der Waals surface area contributed by atoms with Gasteiger partial charge in [-0.05, 0) is 99.0 Å². The monoisotopic (exact) mass is 1620 g/mol. The summed E-state index contributed by atoms with van der Waals surface area (Å²) in [5.74, 6) is 1.47. The third kappa shape index (κ3) is 16.5. The van der Waals surface area contributed by atoms with Gasteiger partial charge in [0, 0.05) is 63.9 Å². The number of nitrogens with zero attached hydrogens (tertiary/aromatic N) is 12. The molecule has 2 N–H and O–H groups in total. The van der Waals surface area contributed by atoms with Crippen LogP contribution < -0.4 is 9.47 Å². The Morgan fingerprint density at radius 2 is 0.562 bits per heavy atom. The van der Waals surface area contributed by atoms with Gasteiger partial charge in [0.15, 0.2) is 11.6 Å². The zero-order chi connectivity index (χ0) is 65.5. The Kier molecular flexibility index (Phi) is 23.3. The van der Waals surface area contributed by atoms with Crippen molar-refractivity contribution in [2.75, 3.05) is 14.2 Å². The van der Waals surface area contributed by atoms with Gasteiger partial charge in [-0.2, -0.15) is 109 Å². The number of hydrogen-bond donors (Lipinski definition) is 2. The van der Waals surface area contributed by atoms with Gasteiger partial charge >= 0.3 is 0 Å². The topological polar surface area (TPSA) is 216 Å². The molecule has 0 atom stereocenters. The molecule has 2 radical (unpaired) electrons. The van der Waals surface area contributed by atoms with Gasteiger partial charge in [-0.15, -0.1) is 57.9 Å². The van der Waals surface area contributed by atoms with E-state index in [9.17, 15) is 9.59 Å². The first-order valence-corrected chi connectivity index (χ1v) is 29.6.